The molecule has 0 radical (unpaired) electrons. The third-order valence-corrected chi connectivity index (χ3v) is 3.31. The summed E-state index contributed by atoms with van der Waals surface area (Å²) in [5.74, 6) is -0.255. The molecule has 0 unspecified atom stereocenters. The van der Waals surface area contributed by atoms with Gasteiger partial charge in [0.1, 0.15) is 5.82 Å². The van der Waals surface area contributed by atoms with Crippen molar-refractivity contribution < 1.29 is 4.39 Å². The van der Waals surface area contributed by atoms with Crippen molar-refractivity contribution in [3.63, 3.8) is 0 Å². The van der Waals surface area contributed by atoms with Crippen molar-refractivity contribution in [2.24, 2.45) is 7.05 Å². The quantitative estimate of drug-likeness (QED) is 0.940. The maximum absolute atomic E-state index is 13.1. The van der Waals surface area contributed by atoms with Crippen molar-refractivity contribution in [2.45, 2.75) is 13.5 Å². The molecule has 0 aliphatic heterocycles. The summed E-state index contributed by atoms with van der Waals surface area (Å²) in [4.78, 5) is 0. The van der Waals surface area contributed by atoms with Crippen molar-refractivity contribution in [1.29, 1.82) is 0 Å². The van der Waals surface area contributed by atoms with E-state index in [0.29, 0.717) is 0 Å². The first kappa shape index (κ1) is 13.2. The molecule has 0 bridgehead atoms. The topological polar surface area (TPSA) is 29.9 Å². The molecule has 0 atom stereocenters. The maximum atomic E-state index is 13.1. The van der Waals surface area contributed by atoms with Gasteiger partial charge in [-0.2, -0.15) is 5.10 Å². The Morgan fingerprint density at radius 2 is 2.22 bits per heavy atom. The van der Waals surface area contributed by atoms with Crippen LogP contribution in [-0.4, -0.2) is 16.3 Å². The van der Waals surface area contributed by atoms with Gasteiger partial charge in [-0.25, -0.2) is 4.39 Å². The van der Waals surface area contributed by atoms with Gasteiger partial charge in [0.2, 0.25) is 0 Å². The van der Waals surface area contributed by atoms with Crippen LogP contribution in [0.5, 0.6) is 0 Å². The lowest BCUT2D eigenvalue weighted by atomic mass is 10.1. The predicted molar refractivity (Wildman–Crippen MR) is 73.7 cm³/mol. The van der Waals surface area contributed by atoms with Gasteiger partial charge in [0, 0.05) is 35.4 Å². The molecule has 18 heavy (non-hydrogen) atoms. The molecule has 2 rings (SSSR count). The summed E-state index contributed by atoms with van der Waals surface area (Å²) in [5, 5.41) is 7.72. The Balaban J connectivity index is 2.42. The van der Waals surface area contributed by atoms with Gasteiger partial charge >= 0.3 is 0 Å². The number of aromatic nitrogens is 2. The van der Waals surface area contributed by atoms with Crippen LogP contribution in [-0.2, 0) is 13.6 Å². The number of hydrogen-bond donors (Lipinski definition) is 1. The van der Waals surface area contributed by atoms with Gasteiger partial charge in [-0.05, 0) is 40.7 Å². The van der Waals surface area contributed by atoms with Crippen molar-refractivity contribution in [3.05, 3.63) is 40.2 Å². The van der Waals surface area contributed by atoms with E-state index in [1.54, 1.807) is 10.7 Å². The number of aryl methyl sites for hydroxylation is 1. The van der Waals surface area contributed by atoms with E-state index >= 15 is 0 Å². The lowest BCUT2D eigenvalue weighted by molar-refractivity contribution is 0.627. The Morgan fingerprint density at radius 3 is 2.89 bits per heavy atom. The fraction of sp³-hybridized carbons (Fsp3) is 0.308. The van der Waals surface area contributed by atoms with E-state index in [9.17, 15) is 4.39 Å². The van der Waals surface area contributed by atoms with Crippen LogP contribution in [0.1, 0.15) is 12.5 Å². The normalized spacial score (nSPS) is 10.9. The molecule has 96 valence electrons. The van der Waals surface area contributed by atoms with E-state index in [2.05, 4.69) is 33.3 Å². The number of nitrogens with zero attached hydrogens (tertiary/aromatic N) is 2. The highest BCUT2D eigenvalue weighted by atomic mass is 79.9. The molecule has 0 fully saturated rings. The van der Waals surface area contributed by atoms with Crippen molar-refractivity contribution in [2.75, 3.05) is 6.54 Å². The van der Waals surface area contributed by atoms with E-state index in [1.807, 2.05) is 13.2 Å². The largest absolute Gasteiger partial charge is 0.313 e. The molecule has 1 N–H and O–H groups in total. The Bertz CT molecular complexity index is 551. The van der Waals surface area contributed by atoms with Crippen LogP contribution in [0.2, 0.25) is 0 Å². The molecule has 2 aromatic rings. The summed E-state index contributed by atoms with van der Waals surface area (Å²) in [6, 6.07) is 4.66. The second-order valence-corrected chi connectivity index (χ2v) is 4.94. The first-order valence-electron chi connectivity index (χ1n) is 5.80. The van der Waals surface area contributed by atoms with E-state index < -0.39 is 0 Å². The highest BCUT2D eigenvalue weighted by Crippen LogP contribution is 2.30. The first-order valence-corrected chi connectivity index (χ1v) is 6.59. The minimum Gasteiger partial charge on any atom is -0.313 e. The lowest BCUT2D eigenvalue weighted by Crippen LogP contribution is -2.11. The summed E-state index contributed by atoms with van der Waals surface area (Å²) in [6.45, 7) is 3.71. The maximum Gasteiger partial charge on any atom is 0.124 e. The summed E-state index contributed by atoms with van der Waals surface area (Å²) in [6.07, 6.45) is 1.98. The number of rotatable bonds is 4. The van der Waals surface area contributed by atoms with Gasteiger partial charge in [-0.1, -0.05) is 6.92 Å². The van der Waals surface area contributed by atoms with E-state index in [4.69, 9.17) is 0 Å². The first-order chi connectivity index (χ1) is 8.61. The van der Waals surface area contributed by atoms with Crippen molar-refractivity contribution in [1.82, 2.24) is 15.1 Å². The smallest absolute Gasteiger partial charge is 0.124 e. The van der Waals surface area contributed by atoms with Gasteiger partial charge in [-0.3, -0.25) is 4.68 Å². The molecule has 0 aliphatic carbocycles. The van der Waals surface area contributed by atoms with Gasteiger partial charge < -0.3 is 5.32 Å². The van der Waals surface area contributed by atoms with Gasteiger partial charge in [0.25, 0.3) is 0 Å². The fourth-order valence-electron chi connectivity index (χ4n) is 1.83. The highest BCUT2D eigenvalue weighted by molar-refractivity contribution is 9.10. The summed E-state index contributed by atoms with van der Waals surface area (Å²) >= 11 is 3.39. The molecule has 1 aromatic heterocycles. The van der Waals surface area contributed by atoms with E-state index in [-0.39, 0.29) is 5.82 Å². The van der Waals surface area contributed by atoms with E-state index in [0.717, 1.165) is 34.4 Å². The minimum atomic E-state index is -0.255. The average molecular weight is 312 g/mol. The van der Waals surface area contributed by atoms with Gasteiger partial charge in [0.15, 0.2) is 0 Å². The molecule has 5 heteroatoms. The molecule has 0 amide bonds. The Labute approximate surface area is 114 Å². The fourth-order valence-corrected chi connectivity index (χ4v) is 2.37. The van der Waals surface area contributed by atoms with Crippen LogP contribution in [0.3, 0.4) is 0 Å². The highest BCUT2D eigenvalue weighted by Gasteiger charge is 2.13. The van der Waals surface area contributed by atoms with Crippen LogP contribution in [0.4, 0.5) is 4.39 Å². The summed E-state index contributed by atoms with van der Waals surface area (Å²) in [7, 11) is 1.89. The minimum absolute atomic E-state index is 0.255. The van der Waals surface area contributed by atoms with Gasteiger partial charge in [0.05, 0.1) is 5.69 Å². The molecule has 1 heterocycles. The Morgan fingerprint density at radius 1 is 1.44 bits per heavy atom. The third-order valence-electron chi connectivity index (χ3n) is 2.66. The van der Waals surface area contributed by atoms with Crippen LogP contribution in [0.25, 0.3) is 11.3 Å². The summed E-state index contributed by atoms with van der Waals surface area (Å²) < 4.78 is 15.6. The van der Waals surface area contributed by atoms with Crippen LogP contribution < -0.4 is 5.32 Å². The average Bonchev–Trinajstić information content (AvgIpc) is 2.67. The third kappa shape index (κ3) is 2.79. The second kappa shape index (κ2) is 5.63. The molecule has 1 aromatic carbocycles. The monoisotopic (exact) mass is 311 g/mol. The van der Waals surface area contributed by atoms with Crippen molar-refractivity contribution >= 4 is 15.9 Å². The summed E-state index contributed by atoms with van der Waals surface area (Å²) in [5.41, 5.74) is 2.89. The predicted octanol–water partition coefficient (Wildman–Crippen LogP) is 3.10. The Hall–Kier alpha value is -1.20. The zero-order valence-electron chi connectivity index (χ0n) is 10.4. The molecule has 0 spiro atoms. The van der Waals surface area contributed by atoms with Crippen LogP contribution in [0, 0.1) is 5.82 Å². The lowest BCUT2D eigenvalue weighted by Gasteiger charge is -2.05. The number of benzene rings is 1. The standard InChI is InChI=1S/C13H15BrFN3/c1-3-16-7-9-8-18(2)17-13(9)11-5-4-10(15)6-12(11)14/h4-6,8,16H,3,7H2,1-2H3. The molecule has 0 aliphatic rings. The number of nitrogens with one attached hydrogen (secondary N) is 1. The molecule has 0 saturated carbocycles. The van der Waals surface area contributed by atoms with E-state index in [1.165, 1.54) is 12.1 Å². The van der Waals surface area contributed by atoms with Crippen LogP contribution >= 0.6 is 15.9 Å². The van der Waals surface area contributed by atoms with Gasteiger partial charge in [-0.15, -0.1) is 0 Å². The number of hydrogen-bond acceptors (Lipinski definition) is 2. The molecule has 0 saturated heterocycles. The Kier molecular flexibility index (Phi) is 4.14. The van der Waals surface area contributed by atoms with Crippen molar-refractivity contribution in [3.8, 4) is 11.3 Å². The van der Waals surface area contributed by atoms with Crippen LogP contribution in [0.15, 0.2) is 28.9 Å². The SMILES string of the molecule is CCNCc1cn(C)nc1-c1ccc(F)cc1Br. The number of halogens is 2. The molecule has 3 nitrogen and oxygen atoms in total. The zero-order valence-corrected chi connectivity index (χ0v) is 12.0. The molecular weight excluding hydrogens is 297 g/mol. The second-order valence-electron chi connectivity index (χ2n) is 4.08. The molecular formula is C13H15BrFN3. The zero-order chi connectivity index (χ0) is 13.1.